The average Bonchev–Trinajstić information content (AvgIpc) is 3.31. The Bertz CT molecular complexity index is 1600. The zero-order valence-electron chi connectivity index (χ0n) is 24.6. The van der Waals surface area contributed by atoms with Gasteiger partial charge in [-0.25, -0.2) is 4.79 Å². The van der Waals surface area contributed by atoms with Crippen LogP contribution in [0.2, 0.25) is 5.02 Å². The van der Waals surface area contributed by atoms with Gasteiger partial charge in [0.05, 0.1) is 38.1 Å². The predicted octanol–water partition coefficient (Wildman–Crippen LogP) is 5.57. The number of nitrogens with two attached hydrogens (primary N) is 1. The Labute approximate surface area is 256 Å². The number of benzene rings is 3. The number of fused-ring (bicyclic) bond motifs is 3. The normalized spacial score (nSPS) is 17.1. The lowest BCUT2D eigenvalue weighted by Crippen LogP contribution is -2.43. The lowest BCUT2D eigenvalue weighted by Gasteiger charge is -2.36. The van der Waals surface area contributed by atoms with E-state index in [-0.39, 0.29) is 0 Å². The van der Waals surface area contributed by atoms with Crippen LogP contribution < -0.4 is 20.1 Å². The average molecular weight is 605 g/mol. The molecule has 1 fully saturated rings. The third kappa shape index (κ3) is 6.11. The van der Waals surface area contributed by atoms with Gasteiger partial charge < -0.3 is 24.8 Å². The number of nitrogens with zero attached hydrogens (tertiary/aromatic N) is 3. The summed E-state index contributed by atoms with van der Waals surface area (Å²) in [5, 5.41) is 1.61. The molecular formula is C33H37ClN4O5. The van der Waals surface area contributed by atoms with E-state index in [1.54, 1.807) is 28.8 Å². The Morgan fingerprint density at radius 1 is 1.02 bits per heavy atom. The van der Waals surface area contributed by atoms with E-state index in [0.29, 0.717) is 41.8 Å². The van der Waals surface area contributed by atoms with Gasteiger partial charge in [-0.2, -0.15) is 0 Å². The van der Waals surface area contributed by atoms with Crippen molar-refractivity contribution in [3.8, 4) is 17.2 Å². The lowest BCUT2D eigenvalue weighted by molar-refractivity contribution is 0.0357. The van der Waals surface area contributed by atoms with Gasteiger partial charge in [0, 0.05) is 36.6 Å². The first-order chi connectivity index (χ1) is 20.9. The molecule has 43 heavy (non-hydrogen) atoms. The van der Waals surface area contributed by atoms with Crippen LogP contribution in [0.25, 0.3) is 10.9 Å². The van der Waals surface area contributed by atoms with Crippen LogP contribution in [-0.2, 0) is 11.2 Å². The lowest BCUT2D eigenvalue weighted by atomic mass is 9.92. The van der Waals surface area contributed by atoms with Crippen LogP contribution in [0.15, 0.2) is 60.7 Å². The number of halogens is 1. The van der Waals surface area contributed by atoms with Gasteiger partial charge in [-0.1, -0.05) is 35.4 Å². The summed E-state index contributed by atoms with van der Waals surface area (Å²) < 4.78 is 24.9. The molecule has 0 saturated carbocycles. The van der Waals surface area contributed by atoms with Gasteiger partial charge in [0.25, 0.3) is 0 Å². The summed E-state index contributed by atoms with van der Waals surface area (Å²) >= 11 is 6.38. The molecule has 10 heteroatoms. The minimum atomic E-state index is -0.526. The quantitative estimate of drug-likeness (QED) is 0.208. The SMILES string of the molecule is COc1cc(C2c3c(c4cc(Cl)ccc4n3N)CCN2C(=O)Oc2ccc(C)cc2)ccc1OCCCN1CCOCC1. The Morgan fingerprint density at radius 3 is 2.58 bits per heavy atom. The van der Waals surface area contributed by atoms with Crippen molar-refractivity contribution in [1.29, 1.82) is 0 Å². The maximum absolute atomic E-state index is 13.7. The minimum absolute atomic E-state index is 0.441. The predicted molar refractivity (Wildman–Crippen MR) is 167 cm³/mol. The van der Waals surface area contributed by atoms with Crippen molar-refractivity contribution in [3.63, 3.8) is 0 Å². The monoisotopic (exact) mass is 604 g/mol. The topological polar surface area (TPSA) is 91.4 Å². The second-order valence-corrected chi connectivity index (χ2v) is 11.4. The molecule has 2 aliphatic heterocycles. The molecule has 2 aliphatic rings. The number of amides is 1. The van der Waals surface area contributed by atoms with Gasteiger partial charge in [0.15, 0.2) is 11.5 Å². The van der Waals surface area contributed by atoms with Crippen LogP contribution >= 0.6 is 11.6 Å². The number of morpholine rings is 1. The van der Waals surface area contributed by atoms with Gasteiger partial charge in [-0.05, 0) is 73.4 Å². The molecule has 1 saturated heterocycles. The van der Waals surface area contributed by atoms with E-state index >= 15 is 0 Å². The summed E-state index contributed by atoms with van der Waals surface area (Å²) in [5.41, 5.74) is 4.64. The summed E-state index contributed by atoms with van der Waals surface area (Å²) in [6.45, 7) is 7.42. The molecule has 1 aromatic heterocycles. The van der Waals surface area contributed by atoms with Crippen molar-refractivity contribution in [1.82, 2.24) is 14.5 Å². The first kappa shape index (κ1) is 29.2. The van der Waals surface area contributed by atoms with E-state index in [2.05, 4.69) is 4.90 Å². The smallest absolute Gasteiger partial charge is 0.416 e. The van der Waals surface area contributed by atoms with Crippen LogP contribution in [0.5, 0.6) is 17.2 Å². The Hall–Kier alpha value is -3.92. The number of hydrogen-bond donors (Lipinski definition) is 1. The molecule has 226 valence electrons. The maximum Gasteiger partial charge on any atom is 0.416 e. The van der Waals surface area contributed by atoms with Crippen molar-refractivity contribution in [2.45, 2.75) is 25.8 Å². The standard InChI is InChI=1S/C33H37ClN4O5/c1-22-4-8-25(9-5-22)43-33(39)37-14-12-26-27-21-24(34)7-10-28(27)38(35)32(26)31(37)23-6-11-29(30(20-23)40-2)42-17-3-13-36-15-18-41-19-16-36/h4-11,20-21,31H,3,12-19,35H2,1-2H3. The van der Waals surface area contributed by atoms with E-state index < -0.39 is 12.1 Å². The largest absolute Gasteiger partial charge is 0.493 e. The fraction of sp³-hybridized carbons (Fsp3) is 0.364. The fourth-order valence-electron chi connectivity index (χ4n) is 6.01. The van der Waals surface area contributed by atoms with E-state index in [1.165, 1.54) is 0 Å². The Morgan fingerprint density at radius 2 is 1.81 bits per heavy atom. The van der Waals surface area contributed by atoms with Crippen molar-refractivity contribution in [2.75, 3.05) is 59.0 Å². The maximum atomic E-state index is 13.7. The molecule has 0 spiro atoms. The minimum Gasteiger partial charge on any atom is -0.493 e. The van der Waals surface area contributed by atoms with E-state index in [9.17, 15) is 4.79 Å². The molecule has 1 atom stereocenters. The van der Waals surface area contributed by atoms with Gasteiger partial charge in [0.1, 0.15) is 11.8 Å². The first-order valence-corrected chi connectivity index (χ1v) is 15.0. The molecule has 1 amide bonds. The summed E-state index contributed by atoms with van der Waals surface area (Å²) in [7, 11) is 1.62. The zero-order chi connectivity index (χ0) is 29.9. The van der Waals surface area contributed by atoms with E-state index in [1.807, 2.05) is 55.5 Å². The number of aromatic nitrogens is 1. The third-order valence-corrected chi connectivity index (χ3v) is 8.46. The van der Waals surface area contributed by atoms with E-state index in [0.717, 1.165) is 72.6 Å². The van der Waals surface area contributed by atoms with Crippen molar-refractivity contribution in [3.05, 3.63) is 88.1 Å². The molecule has 0 aliphatic carbocycles. The molecule has 4 aromatic rings. The highest BCUT2D eigenvalue weighted by atomic mass is 35.5. The second-order valence-electron chi connectivity index (χ2n) is 11.0. The third-order valence-electron chi connectivity index (χ3n) is 8.23. The Balaban J connectivity index is 1.31. The number of carbonyl (C=O) groups excluding carboxylic acids is 1. The number of carbonyl (C=O) groups is 1. The van der Waals surface area contributed by atoms with Gasteiger partial charge in [0.2, 0.25) is 0 Å². The first-order valence-electron chi connectivity index (χ1n) is 14.7. The Kier molecular flexibility index (Phi) is 8.65. The van der Waals surface area contributed by atoms with Crippen LogP contribution in [0.3, 0.4) is 0 Å². The number of aryl methyl sites for hydroxylation is 1. The fourth-order valence-corrected chi connectivity index (χ4v) is 6.18. The molecule has 0 radical (unpaired) electrons. The van der Waals surface area contributed by atoms with Gasteiger partial charge >= 0.3 is 6.09 Å². The van der Waals surface area contributed by atoms with Crippen molar-refractivity contribution < 1.29 is 23.7 Å². The molecule has 3 heterocycles. The highest BCUT2D eigenvalue weighted by Gasteiger charge is 2.38. The highest BCUT2D eigenvalue weighted by molar-refractivity contribution is 6.31. The second kappa shape index (κ2) is 12.8. The van der Waals surface area contributed by atoms with Crippen LogP contribution in [0, 0.1) is 6.92 Å². The van der Waals surface area contributed by atoms with Crippen LogP contribution in [0.4, 0.5) is 4.79 Å². The molecule has 6 rings (SSSR count). The molecule has 0 bridgehead atoms. The molecular weight excluding hydrogens is 568 g/mol. The van der Waals surface area contributed by atoms with Gasteiger partial charge in [-0.15, -0.1) is 0 Å². The number of ether oxygens (including phenoxy) is 4. The molecule has 1 unspecified atom stereocenters. The van der Waals surface area contributed by atoms with E-state index in [4.69, 9.17) is 36.4 Å². The van der Waals surface area contributed by atoms with Crippen molar-refractivity contribution in [2.24, 2.45) is 0 Å². The zero-order valence-corrected chi connectivity index (χ0v) is 25.3. The summed E-state index contributed by atoms with van der Waals surface area (Å²) in [6, 6.07) is 18.4. The van der Waals surface area contributed by atoms with Crippen LogP contribution in [0.1, 0.15) is 34.8 Å². The summed E-state index contributed by atoms with van der Waals surface area (Å²) in [6.07, 6.45) is 1.05. The van der Waals surface area contributed by atoms with Crippen LogP contribution in [-0.4, -0.2) is 73.7 Å². The van der Waals surface area contributed by atoms with Gasteiger partial charge in [-0.3, -0.25) is 14.5 Å². The number of nitrogen functional groups attached to an aromatic ring is 1. The highest BCUT2D eigenvalue weighted by Crippen LogP contribution is 2.42. The number of methoxy groups -OCH3 is 1. The van der Waals surface area contributed by atoms with Crippen molar-refractivity contribution >= 4 is 28.6 Å². The molecule has 2 N–H and O–H groups in total. The molecule has 3 aromatic carbocycles. The summed E-state index contributed by atoms with van der Waals surface area (Å²) in [5.74, 6) is 8.46. The number of rotatable bonds is 8. The molecule has 9 nitrogen and oxygen atoms in total. The number of hydrogen-bond acceptors (Lipinski definition) is 7. The summed E-state index contributed by atoms with van der Waals surface area (Å²) in [4.78, 5) is 17.8.